The van der Waals surface area contributed by atoms with Crippen molar-refractivity contribution in [2.75, 3.05) is 23.8 Å². The highest BCUT2D eigenvalue weighted by atomic mass is 32.1. The van der Waals surface area contributed by atoms with Crippen molar-refractivity contribution in [1.29, 1.82) is 0 Å². The van der Waals surface area contributed by atoms with E-state index < -0.39 is 0 Å². The molecule has 1 saturated heterocycles. The molecule has 1 aliphatic carbocycles. The van der Waals surface area contributed by atoms with Crippen LogP contribution in [0.15, 0.2) is 0 Å². The summed E-state index contributed by atoms with van der Waals surface area (Å²) in [6.45, 7) is 3.18. The predicted molar refractivity (Wildman–Crippen MR) is 71.0 cm³/mol. The first-order valence-corrected chi connectivity index (χ1v) is 7.17. The predicted octanol–water partition coefficient (Wildman–Crippen LogP) is 1.89. The molecule has 18 heavy (non-hydrogen) atoms. The van der Waals surface area contributed by atoms with Crippen LogP contribution in [0.5, 0.6) is 0 Å². The lowest BCUT2D eigenvalue weighted by atomic mass is 10.1. The minimum absolute atomic E-state index is 0.302. The van der Waals surface area contributed by atoms with Crippen LogP contribution in [0, 0.1) is 5.92 Å². The van der Waals surface area contributed by atoms with Crippen LogP contribution in [0.25, 0.3) is 0 Å². The molecular weight excluding hydrogens is 250 g/mol. The molecule has 2 unspecified atom stereocenters. The number of fused-ring (bicyclic) bond motifs is 2. The van der Waals surface area contributed by atoms with E-state index in [0.29, 0.717) is 24.0 Å². The van der Waals surface area contributed by atoms with Gasteiger partial charge in [0.1, 0.15) is 10.6 Å². The number of nitrogens with zero attached hydrogens (tertiary/aromatic N) is 2. The van der Waals surface area contributed by atoms with Gasteiger partial charge in [0.15, 0.2) is 5.82 Å². The van der Waals surface area contributed by atoms with Crippen LogP contribution >= 0.6 is 11.5 Å². The van der Waals surface area contributed by atoms with E-state index in [2.05, 4.69) is 9.27 Å². The smallest absolute Gasteiger partial charge is 0.345 e. The van der Waals surface area contributed by atoms with Crippen LogP contribution < -0.4 is 10.6 Å². The molecule has 0 radical (unpaired) electrons. The van der Waals surface area contributed by atoms with Crippen molar-refractivity contribution in [3.05, 3.63) is 5.56 Å². The number of piperidine rings is 1. The van der Waals surface area contributed by atoms with Crippen LogP contribution in [-0.2, 0) is 4.74 Å². The minimum atomic E-state index is -0.346. The van der Waals surface area contributed by atoms with E-state index in [0.717, 1.165) is 17.5 Å². The lowest BCUT2D eigenvalue weighted by Crippen LogP contribution is -2.32. The molecule has 2 N–H and O–H groups in total. The van der Waals surface area contributed by atoms with Gasteiger partial charge in [-0.2, -0.15) is 4.37 Å². The van der Waals surface area contributed by atoms with E-state index in [9.17, 15) is 4.79 Å². The lowest BCUT2D eigenvalue weighted by molar-refractivity contribution is 0.0528. The summed E-state index contributed by atoms with van der Waals surface area (Å²) >= 11 is 1.32. The molecule has 0 amide bonds. The molecule has 1 saturated carbocycles. The monoisotopic (exact) mass is 267 g/mol. The van der Waals surface area contributed by atoms with Gasteiger partial charge in [-0.3, -0.25) is 0 Å². The average molecular weight is 267 g/mol. The number of esters is 1. The Morgan fingerprint density at radius 1 is 1.61 bits per heavy atom. The molecule has 2 aliphatic rings. The van der Waals surface area contributed by atoms with Crippen molar-refractivity contribution >= 4 is 28.3 Å². The summed E-state index contributed by atoms with van der Waals surface area (Å²) in [6, 6.07) is 0.558. The van der Waals surface area contributed by atoms with Crippen molar-refractivity contribution in [3.63, 3.8) is 0 Å². The lowest BCUT2D eigenvalue weighted by Gasteiger charge is -2.27. The zero-order valence-electron chi connectivity index (χ0n) is 10.4. The Balaban J connectivity index is 1.90. The van der Waals surface area contributed by atoms with Crippen LogP contribution in [0.4, 0.5) is 10.8 Å². The molecule has 1 aliphatic heterocycles. The van der Waals surface area contributed by atoms with Crippen LogP contribution in [0.2, 0.25) is 0 Å². The zero-order chi connectivity index (χ0) is 12.7. The van der Waals surface area contributed by atoms with E-state index in [1.165, 1.54) is 30.8 Å². The Labute approximate surface area is 110 Å². The maximum absolute atomic E-state index is 11.9. The molecule has 5 nitrogen and oxygen atoms in total. The van der Waals surface area contributed by atoms with Gasteiger partial charge in [0.05, 0.1) is 6.61 Å². The summed E-state index contributed by atoms with van der Waals surface area (Å²) in [4.78, 5) is 14.2. The number of ether oxygens (including phenoxy) is 1. The third kappa shape index (κ3) is 1.75. The van der Waals surface area contributed by atoms with E-state index >= 15 is 0 Å². The van der Waals surface area contributed by atoms with E-state index in [4.69, 9.17) is 10.5 Å². The second kappa shape index (κ2) is 4.42. The van der Waals surface area contributed by atoms with Gasteiger partial charge in [0, 0.05) is 12.6 Å². The molecule has 2 bridgehead atoms. The minimum Gasteiger partial charge on any atom is -0.462 e. The van der Waals surface area contributed by atoms with Gasteiger partial charge < -0.3 is 15.4 Å². The van der Waals surface area contributed by atoms with Gasteiger partial charge in [-0.1, -0.05) is 0 Å². The number of aromatic nitrogens is 1. The van der Waals surface area contributed by atoms with Crippen LogP contribution in [0.3, 0.4) is 0 Å². The Kier molecular flexibility index (Phi) is 2.89. The van der Waals surface area contributed by atoms with Gasteiger partial charge in [-0.05, 0) is 43.6 Å². The van der Waals surface area contributed by atoms with Gasteiger partial charge in [0.2, 0.25) is 0 Å². The van der Waals surface area contributed by atoms with E-state index in [-0.39, 0.29) is 5.97 Å². The molecule has 2 heterocycles. The Morgan fingerprint density at radius 3 is 3.06 bits per heavy atom. The largest absolute Gasteiger partial charge is 0.462 e. The second-order valence-electron chi connectivity index (χ2n) is 4.95. The highest BCUT2D eigenvalue weighted by Gasteiger charge is 2.40. The van der Waals surface area contributed by atoms with Crippen molar-refractivity contribution in [2.24, 2.45) is 5.92 Å². The van der Waals surface area contributed by atoms with E-state index in [1.54, 1.807) is 6.92 Å². The first kappa shape index (κ1) is 11.8. The average Bonchev–Trinajstić information content (AvgIpc) is 3.02. The number of nitrogen functional groups attached to an aromatic ring is 1. The summed E-state index contributed by atoms with van der Waals surface area (Å²) in [5.41, 5.74) is 6.28. The third-order valence-electron chi connectivity index (χ3n) is 3.85. The standard InChI is InChI=1S/C12H17N3O2S/c1-2-17-12(16)9-10(13)14-18-11(9)15-6-7-3-4-8(15)5-7/h7-8H,2-6H2,1H3,(H2,13,14). The topological polar surface area (TPSA) is 68.5 Å². The molecule has 98 valence electrons. The number of nitrogens with two attached hydrogens (primary N) is 1. The second-order valence-corrected chi connectivity index (χ2v) is 5.71. The van der Waals surface area contributed by atoms with Gasteiger partial charge in [-0.15, -0.1) is 0 Å². The number of hydrogen-bond donors (Lipinski definition) is 1. The first-order valence-electron chi connectivity index (χ1n) is 6.39. The van der Waals surface area contributed by atoms with E-state index in [1.807, 2.05) is 0 Å². The summed E-state index contributed by atoms with van der Waals surface area (Å²) in [6.07, 6.45) is 3.76. The summed E-state index contributed by atoms with van der Waals surface area (Å²) in [5, 5.41) is 0.901. The van der Waals surface area contributed by atoms with Gasteiger partial charge in [0.25, 0.3) is 0 Å². The maximum Gasteiger partial charge on any atom is 0.345 e. The fourth-order valence-corrected chi connectivity index (χ4v) is 3.94. The maximum atomic E-state index is 11.9. The molecule has 3 rings (SSSR count). The van der Waals surface area contributed by atoms with Gasteiger partial charge >= 0.3 is 5.97 Å². The molecule has 1 aromatic heterocycles. The first-order chi connectivity index (χ1) is 8.70. The van der Waals surface area contributed by atoms with Crippen molar-refractivity contribution in [1.82, 2.24) is 4.37 Å². The molecule has 1 aromatic rings. The van der Waals surface area contributed by atoms with Crippen LogP contribution in [0.1, 0.15) is 36.5 Å². The molecule has 6 heteroatoms. The fourth-order valence-electron chi connectivity index (χ4n) is 3.06. The fraction of sp³-hybridized carbons (Fsp3) is 0.667. The van der Waals surface area contributed by atoms with Crippen molar-refractivity contribution in [3.8, 4) is 0 Å². The Bertz CT molecular complexity index is 474. The summed E-state index contributed by atoms with van der Waals surface area (Å²) < 4.78 is 9.19. The number of anilines is 2. The number of carbonyl (C=O) groups is 1. The SMILES string of the molecule is CCOC(=O)c1c(N)nsc1N1CC2CCC1C2. The molecule has 0 spiro atoms. The Hall–Kier alpha value is -1.30. The highest BCUT2D eigenvalue weighted by Crippen LogP contribution is 2.43. The normalized spacial score (nSPS) is 25.7. The molecular formula is C12H17N3O2S. The number of hydrogen-bond acceptors (Lipinski definition) is 6. The Morgan fingerprint density at radius 2 is 2.44 bits per heavy atom. The molecule has 2 fully saturated rings. The zero-order valence-corrected chi connectivity index (χ0v) is 11.2. The summed E-state index contributed by atoms with van der Waals surface area (Å²) in [7, 11) is 0. The highest BCUT2D eigenvalue weighted by molar-refractivity contribution is 7.11. The number of carbonyl (C=O) groups excluding carboxylic acids is 1. The molecule has 0 aromatic carbocycles. The molecule has 2 atom stereocenters. The quantitative estimate of drug-likeness (QED) is 0.847. The number of rotatable bonds is 3. The third-order valence-corrected chi connectivity index (χ3v) is 4.75. The van der Waals surface area contributed by atoms with Crippen LogP contribution in [-0.4, -0.2) is 29.5 Å². The van der Waals surface area contributed by atoms with Crippen molar-refractivity contribution < 1.29 is 9.53 Å². The summed E-state index contributed by atoms with van der Waals surface area (Å²) in [5.74, 6) is 0.728. The van der Waals surface area contributed by atoms with Gasteiger partial charge in [-0.25, -0.2) is 4.79 Å². The van der Waals surface area contributed by atoms with Crippen molar-refractivity contribution in [2.45, 2.75) is 32.2 Å².